The van der Waals surface area contributed by atoms with Crippen LogP contribution < -0.4 is 5.73 Å². The number of nitrogens with zero attached hydrogens (tertiary/aromatic N) is 1. The molecule has 5 heteroatoms. The molecule has 3 N–H and O–H groups in total. The van der Waals surface area contributed by atoms with Crippen molar-refractivity contribution in [1.29, 1.82) is 0 Å². The molecule has 0 bridgehead atoms. The van der Waals surface area contributed by atoms with Crippen LogP contribution in [-0.2, 0) is 11.3 Å². The third-order valence-electron chi connectivity index (χ3n) is 2.82. The minimum atomic E-state index is -0.810. The van der Waals surface area contributed by atoms with Gasteiger partial charge in [0, 0.05) is 6.54 Å². The molecular formula is C11H14N2O3. The van der Waals surface area contributed by atoms with E-state index < -0.39 is 6.09 Å². The zero-order valence-electron chi connectivity index (χ0n) is 9.01. The van der Waals surface area contributed by atoms with Gasteiger partial charge in [-0.25, -0.2) is 4.79 Å². The van der Waals surface area contributed by atoms with Gasteiger partial charge in [-0.05, 0) is 36.6 Å². The number of aromatic hydroxyl groups is 1. The first-order valence-electron chi connectivity index (χ1n) is 5.14. The molecule has 2 rings (SSSR count). The second-order valence-corrected chi connectivity index (χ2v) is 3.86. The van der Waals surface area contributed by atoms with E-state index in [1.165, 1.54) is 5.06 Å². The molecule has 1 aliphatic rings. The van der Waals surface area contributed by atoms with Gasteiger partial charge in [0.15, 0.2) is 0 Å². The minimum absolute atomic E-state index is 0.0941. The summed E-state index contributed by atoms with van der Waals surface area (Å²) in [5, 5.41) is 11.0. The van der Waals surface area contributed by atoms with Gasteiger partial charge >= 0.3 is 6.09 Å². The average Bonchev–Trinajstić information content (AvgIpc) is 2.22. The van der Waals surface area contributed by atoms with Crippen LogP contribution in [0.4, 0.5) is 4.79 Å². The van der Waals surface area contributed by atoms with Crippen molar-refractivity contribution in [1.82, 2.24) is 5.06 Å². The van der Waals surface area contributed by atoms with E-state index in [2.05, 4.69) is 0 Å². The third-order valence-corrected chi connectivity index (χ3v) is 2.82. The van der Waals surface area contributed by atoms with E-state index >= 15 is 0 Å². The van der Waals surface area contributed by atoms with Gasteiger partial charge in [-0.1, -0.05) is 6.07 Å². The molecule has 0 spiro atoms. The number of fused-ring (bicyclic) bond motifs is 1. The molecule has 5 nitrogen and oxygen atoms in total. The highest BCUT2D eigenvalue weighted by atomic mass is 16.7. The van der Waals surface area contributed by atoms with Gasteiger partial charge in [-0.3, -0.25) is 0 Å². The Morgan fingerprint density at radius 2 is 2.38 bits per heavy atom. The molecule has 1 aliphatic heterocycles. The largest absolute Gasteiger partial charge is 0.508 e. The molecule has 0 aliphatic carbocycles. The van der Waals surface area contributed by atoms with Crippen LogP contribution in [0.1, 0.15) is 24.1 Å². The van der Waals surface area contributed by atoms with Crippen molar-refractivity contribution < 1.29 is 14.7 Å². The number of rotatable bonds is 1. The van der Waals surface area contributed by atoms with Gasteiger partial charge in [0.05, 0.1) is 6.04 Å². The van der Waals surface area contributed by atoms with Crippen LogP contribution in [0.3, 0.4) is 0 Å². The van der Waals surface area contributed by atoms with E-state index in [-0.39, 0.29) is 11.8 Å². The quantitative estimate of drug-likeness (QED) is 0.751. The van der Waals surface area contributed by atoms with Crippen molar-refractivity contribution in [3.63, 3.8) is 0 Å². The summed E-state index contributed by atoms with van der Waals surface area (Å²) in [6.07, 6.45) is -0.0387. The van der Waals surface area contributed by atoms with Crippen molar-refractivity contribution in [2.24, 2.45) is 5.73 Å². The lowest BCUT2D eigenvalue weighted by atomic mass is 9.95. The minimum Gasteiger partial charge on any atom is -0.508 e. The Balaban J connectivity index is 2.26. The first-order valence-corrected chi connectivity index (χ1v) is 5.14. The van der Waals surface area contributed by atoms with Crippen molar-refractivity contribution in [2.45, 2.75) is 19.4 Å². The summed E-state index contributed by atoms with van der Waals surface area (Å²) in [4.78, 5) is 15.6. The number of carbonyl (C=O) groups excluding carboxylic acids is 1. The summed E-state index contributed by atoms with van der Waals surface area (Å²) in [7, 11) is 0. The van der Waals surface area contributed by atoms with Crippen molar-refractivity contribution in [3.05, 3.63) is 29.3 Å². The van der Waals surface area contributed by atoms with Gasteiger partial charge in [0.1, 0.15) is 5.75 Å². The van der Waals surface area contributed by atoms with E-state index in [9.17, 15) is 9.90 Å². The fourth-order valence-electron chi connectivity index (χ4n) is 2.02. The normalized spacial score (nSPS) is 20.2. The van der Waals surface area contributed by atoms with Crippen LogP contribution in [0.25, 0.3) is 0 Å². The topological polar surface area (TPSA) is 75.8 Å². The van der Waals surface area contributed by atoms with E-state index in [0.29, 0.717) is 6.54 Å². The molecule has 1 aromatic carbocycles. The molecule has 1 amide bonds. The van der Waals surface area contributed by atoms with Crippen LogP contribution in [0.15, 0.2) is 18.2 Å². The highest BCUT2D eigenvalue weighted by Crippen LogP contribution is 2.31. The molecule has 0 fully saturated rings. The summed E-state index contributed by atoms with van der Waals surface area (Å²) in [5.41, 5.74) is 7.11. The summed E-state index contributed by atoms with van der Waals surface area (Å²) >= 11 is 0. The lowest BCUT2D eigenvalue weighted by Crippen LogP contribution is -2.37. The zero-order chi connectivity index (χ0) is 11.7. The summed E-state index contributed by atoms with van der Waals surface area (Å²) in [6, 6.07) is 5.15. The number of phenolic OH excluding ortho intramolecular Hbond substituents is 1. The predicted molar refractivity (Wildman–Crippen MR) is 57.6 cm³/mol. The van der Waals surface area contributed by atoms with Gasteiger partial charge in [-0.15, -0.1) is 5.06 Å². The second kappa shape index (κ2) is 4.02. The van der Waals surface area contributed by atoms with Crippen LogP contribution in [0.5, 0.6) is 5.75 Å². The Hall–Kier alpha value is -1.75. The maximum absolute atomic E-state index is 10.7. The van der Waals surface area contributed by atoms with Gasteiger partial charge in [-0.2, -0.15) is 0 Å². The van der Waals surface area contributed by atoms with E-state index in [1.54, 1.807) is 12.1 Å². The predicted octanol–water partition coefficient (Wildman–Crippen LogP) is 1.32. The molecule has 1 heterocycles. The maximum atomic E-state index is 10.7. The molecule has 0 radical (unpaired) electrons. The smallest absolute Gasteiger partial charge is 0.423 e. The van der Waals surface area contributed by atoms with Gasteiger partial charge in [0.2, 0.25) is 0 Å². The average molecular weight is 222 g/mol. The number of primary amides is 1. The highest BCUT2D eigenvalue weighted by Gasteiger charge is 2.26. The Labute approximate surface area is 93.4 Å². The number of hydroxylamine groups is 2. The Morgan fingerprint density at radius 3 is 3.06 bits per heavy atom. The van der Waals surface area contributed by atoms with Crippen LogP contribution >= 0.6 is 0 Å². The molecule has 16 heavy (non-hydrogen) atoms. The molecule has 86 valence electrons. The van der Waals surface area contributed by atoms with Gasteiger partial charge < -0.3 is 15.7 Å². The molecular weight excluding hydrogens is 208 g/mol. The third kappa shape index (κ3) is 1.94. The SMILES string of the molecule is CC1c2cc(O)ccc2CCN1OC(N)=O. The number of amides is 1. The molecule has 0 aromatic heterocycles. The van der Waals surface area contributed by atoms with Crippen molar-refractivity contribution in [2.75, 3.05) is 6.54 Å². The lowest BCUT2D eigenvalue weighted by molar-refractivity contribution is -0.129. The number of nitrogens with two attached hydrogens (primary N) is 1. The van der Waals surface area contributed by atoms with E-state index in [4.69, 9.17) is 10.6 Å². The lowest BCUT2D eigenvalue weighted by Gasteiger charge is -2.32. The van der Waals surface area contributed by atoms with Crippen molar-refractivity contribution >= 4 is 6.09 Å². The van der Waals surface area contributed by atoms with Gasteiger partial charge in [0.25, 0.3) is 0 Å². The Bertz CT molecular complexity index is 420. The standard InChI is InChI=1S/C11H14N2O3/c1-7-10-6-9(14)3-2-8(10)4-5-13(7)16-11(12)15/h2-3,6-7,14H,4-5H2,1H3,(H2,12,15). The van der Waals surface area contributed by atoms with Crippen LogP contribution in [0, 0.1) is 0 Å². The molecule has 1 atom stereocenters. The van der Waals surface area contributed by atoms with E-state index in [0.717, 1.165) is 17.5 Å². The monoisotopic (exact) mass is 222 g/mol. The maximum Gasteiger partial charge on any atom is 0.423 e. The second-order valence-electron chi connectivity index (χ2n) is 3.86. The van der Waals surface area contributed by atoms with Crippen molar-refractivity contribution in [3.8, 4) is 5.75 Å². The number of phenols is 1. The van der Waals surface area contributed by atoms with Crippen LogP contribution in [-0.4, -0.2) is 22.8 Å². The van der Waals surface area contributed by atoms with Crippen LogP contribution in [0.2, 0.25) is 0 Å². The highest BCUT2D eigenvalue weighted by molar-refractivity contribution is 5.64. The Morgan fingerprint density at radius 1 is 1.62 bits per heavy atom. The number of carbonyl (C=O) groups is 1. The zero-order valence-corrected chi connectivity index (χ0v) is 9.01. The summed E-state index contributed by atoms with van der Waals surface area (Å²) in [6.45, 7) is 2.52. The van der Waals surface area contributed by atoms with E-state index in [1.807, 2.05) is 13.0 Å². The fourth-order valence-corrected chi connectivity index (χ4v) is 2.02. The molecule has 1 unspecified atom stereocenters. The number of hydrogen-bond donors (Lipinski definition) is 2. The Kier molecular flexibility index (Phi) is 2.70. The number of benzene rings is 1. The fraction of sp³-hybridized carbons (Fsp3) is 0.364. The summed E-state index contributed by atoms with van der Waals surface area (Å²) < 4.78 is 0. The molecule has 0 saturated heterocycles. The first kappa shape index (κ1) is 10.8. The summed E-state index contributed by atoms with van der Waals surface area (Å²) in [5.74, 6) is 0.214. The molecule has 1 aromatic rings. The number of hydrogen-bond acceptors (Lipinski definition) is 4. The molecule has 0 saturated carbocycles. The first-order chi connectivity index (χ1) is 7.58.